The maximum absolute atomic E-state index is 11.3. The molecule has 0 aliphatic heterocycles. The van der Waals surface area contributed by atoms with Crippen molar-refractivity contribution in [1.82, 2.24) is 10.3 Å². The zero-order valence-corrected chi connectivity index (χ0v) is 9.71. The molecule has 17 heavy (non-hydrogen) atoms. The second-order valence-electron chi connectivity index (χ2n) is 3.06. The number of carbonyl (C=O) groups excluding carboxylic acids is 1. The van der Waals surface area contributed by atoms with E-state index in [2.05, 4.69) is 20.3 Å². The van der Waals surface area contributed by atoms with Crippen LogP contribution in [0.1, 0.15) is 6.42 Å². The quantitative estimate of drug-likeness (QED) is 0.905. The van der Waals surface area contributed by atoms with Crippen LogP contribution in [0.3, 0.4) is 0 Å². The molecule has 2 rings (SSSR count). The number of nitrogens with one attached hydrogen (secondary N) is 1. The number of fused-ring (bicyclic) bond motifs is 1. The number of benzene rings is 1. The van der Waals surface area contributed by atoms with E-state index in [9.17, 15) is 4.79 Å². The van der Waals surface area contributed by atoms with Gasteiger partial charge in [0.15, 0.2) is 11.0 Å². The first-order chi connectivity index (χ1) is 8.13. The summed E-state index contributed by atoms with van der Waals surface area (Å²) in [7, 11) is 0. The molecule has 1 aromatic carbocycles. The van der Waals surface area contributed by atoms with Gasteiger partial charge in [-0.2, -0.15) is 5.26 Å². The van der Waals surface area contributed by atoms with Gasteiger partial charge < -0.3 is 5.32 Å². The number of anilines is 1. The average molecular weight is 271 g/mol. The van der Waals surface area contributed by atoms with E-state index >= 15 is 0 Å². The first-order valence-corrected chi connectivity index (χ1v) is 5.16. The van der Waals surface area contributed by atoms with E-state index in [1.165, 1.54) is 6.07 Å². The maximum atomic E-state index is 11.3. The van der Waals surface area contributed by atoms with Crippen LogP contribution in [0.5, 0.6) is 0 Å². The van der Waals surface area contributed by atoms with Crippen molar-refractivity contribution in [2.45, 2.75) is 6.42 Å². The number of hydrogen-bond donors (Lipinski definition) is 1. The molecule has 1 aromatic heterocycles. The number of nitrogens with zero attached hydrogens (tertiary/aromatic N) is 3. The molecular formula is C9H4Cl2N4O2. The molecule has 0 atom stereocenters. The summed E-state index contributed by atoms with van der Waals surface area (Å²) in [6, 6.07) is 3.13. The third-order valence-electron chi connectivity index (χ3n) is 1.95. The Hall–Kier alpha value is -1.84. The topological polar surface area (TPSA) is 91.8 Å². The van der Waals surface area contributed by atoms with E-state index in [1.807, 2.05) is 0 Å². The molecule has 1 heterocycles. The minimum absolute atomic E-state index is 0.199. The summed E-state index contributed by atoms with van der Waals surface area (Å²) < 4.78 is 4.52. The van der Waals surface area contributed by atoms with Crippen molar-refractivity contribution in [2.75, 3.05) is 5.32 Å². The Bertz CT molecular complexity index is 632. The zero-order chi connectivity index (χ0) is 12.4. The van der Waals surface area contributed by atoms with Crippen LogP contribution in [0.15, 0.2) is 10.7 Å². The highest BCUT2D eigenvalue weighted by atomic mass is 35.5. The second-order valence-corrected chi connectivity index (χ2v) is 3.87. The molecular weight excluding hydrogens is 267 g/mol. The highest BCUT2D eigenvalue weighted by Crippen LogP contribution is 2.34. The zero-order valence-electron chi connectivity index (χ0n) is 8.20. The summed E-state index contributed by atoms with van der Waals surface area (Å²) in [5, 5.41) is 18.5. The van der Waals surface area contributed by atoms with E-state index in [0.29, 0.717) is 5.52 Å². The summed E-state index contributed by atoms with van der Waals surface area (Å²) in [5.41, 5.74) is 0.768. The van der Waals surface area contributed by atoms with Gasteiger partial charge in [-0.3, -0.25) is 4.79 Å². The van der Waals surface area contributed by atoms with Crippen LogP contribution < -0.4 is 5.32 Å². The van der Waals surface area contributed by atoms with Crippen molar-refractivity contribution in [3.05, 3.63) is 16.1 Å². The van der Waals surface area contributed by atoms with Crippen molar-refractivity contribution in [1.29, 1.82) is 5.26 Å². The second kappa shape index (κ2) is 4.57. The lowest BCUT2D eigenvalue weighted by Gasteiger charge is -2.05. The Morgan fingerprint density at radius 2 is 2.12 bits per heavy atom. The van der Waals surface area contributed by atoms with Crippen LogP contribution in [-0.4, -0.2) is 16.2 Å². The molecule has 0 aliphatic rings. The Morgan fingerprint density at radius 3 is 2.82 bits per heavy atom. The van der Waals surface area contributed by atoms with Gasteiger partial charge in [-0.1, -0.05) is 23.2 Å². The van der Waals surface area contributed by atoms with Gasteiger partial charge in [0.1, 0.15) is 6.42 Å². The lowest BCUT2D eigenvalue weighted by atomic mass is 10.2. The smallest absolute Gasteiger partial charge is 0.238 e. The fourth-order valence-corrected chi connectivity index (χ4v) is 1.78. The van der Waals surface area contributed by atoms with Gasteiger partial charge >= 0.3 is 0 Å². The highest BCUT2D eigenvalue weighted by molar-refractivity contribution is 6.40. The fraction of sp³-hybridized carbons (Fsp3) is 0.111. The van der Waals surface area contributed by atoms with Crippen LogP contribution in [0.2, 0.25) is 10.0 Å². The number of aromatic nitrogens is 2. The van der Waals surface area contributed by atoms with Crippen molar-refractivity contribution in [3.8, 4) is 6.07 Å². The molecule has 0 radical (unpaired) electrons. The Morgan fingerprint density at radius 1 is 1.41 bits per heavy atom. The SMILES string of the molecule is N#CCC(=O)Nc1c(Cl)cc(Cl)c2nonc12. The number of carbonyl (C=O) groups is 1. The Labute approximate surface area is 105 Å². The summed E-state index contributed by atoms with van der Waals surface area (Å²) in [6.45, 7) is 0. The van der Waals surface area contributed by atoms with Gasteiger partial charge in [-0.25, -0.2) is 4.63 Å². The van der Waals surface area contributed by atoms with Crippen molar-refractivity contribution in [3.63, 3.8) is 0 Å². The molecule has 86 valence electrons. The third kappa shape index (κ3) is 2.16. The lowest BCUT2D eigenvalue weighted by Crippen LogP contribution is -2.11. The summed E-state index contributed by atoms with van der Waals surface area (Å²) in [5.74, 6) is -0.499. The first-order valence-electron chi connectivity index (χ1n) is 4.40. The predicted molar refractivity (Wildman–Crippen MR) is 60.7 cm³/mol. The highest BCUT2D eigenvalue weighted by Gasteiger charge is 2.16. The minimum atomic E-state index is -0.499. The molecule has 1 N–H and O–H groups in total. The van der Waals surface area contributed by atoms with Gasteiger partial charge in [0.05, 0.1) is 21.8 Å². The molecule has 0 saturated carbocycles. The summed E-state index contributed by atoms with van der Waals surface area (Å²) >= 11 is 11.8. The third-order valence-corrected chi connectivity index (χ3v) is 2.53. The molecule has 6 nitrogen and oxygen atoms in total. The number of rotatable bonds is 2. The maximum Gasteiger partial charge on any atom is 0.238 e. The molecule has 0 unspecified atom stereocenters. The molecule has 0 bridgehead atoms. The number of halogens is 2. The summed E-state index contributed by atoms with van der Waals surface area (Å²) in [6.07, 6.45) is -0.286. The number of nitriles is 1. The molecule has 8 heteroatoms. The van der Waals surface area contributed by atoms with Crippen molar-refractivity contribution >= 4 is 45.8 Å². The van der Waals surface area contributed by atoms with Crippen LogP contribution >= 0.6 is 23.2 Å². The monoisotopic (exact) mass is 270 g/mol. The number of hydrogen-bond acceptors (Lipinski definition) is 5. The molecule has 0 spiro atoms. The van der Waals surface area contributed by atoms with Gasteiger partial charge in [0.2, 0.25) is 5.91 Å². The molecule has 0 saturated heterocycles. The van der Waals surface area contributed by atoms with Crippen molar-refractivity contribution < 1.29 is 9.42 Å². The minimum Gasteiger partial charge on any atom is -0.322 e. The molecule has 0 fully saturated rings. The van der Waals surface area contributed by atoms with Gasteiger partial charge in [0.25, 0.3) is 0 Å². The lowest BCUT2D eigenvalue weighted by molar-refractivity contribution is -0.115. The fourth-order valence-electron chi connectivity index (χ4n) is 1.25. The largest absolute Gasteiger partial charge is 0.322 e. The molecule has 1 amide bonds. The van der Waals surface area contributed by atoms with E-state index in [1.54, 1.807) is 6.07 Å². The van der Waals surface area contributed by atoms with Crippen LogP contribution in [-0.2, 0) is 4.79 Å². The van der Waals surface area contributed by atoms with E-state index in [-0.39, 0.29) is 27.7 Å². The predicted octanol–water partition coefficient (Wildman–Crippen LogP) is 2.38. The number of amides is 1. The first kappa shape index (κ1) is 11.6. The Kier molecular flexibility index (Phi) is 3.13. The van der Waals surface area contributed by atoms with E-state index in [0.717, 1.165) is 0 Å². The van der Waals surface area contributed by atoms with Gasteiger partial charge in [-0.15, -0.1) is 0 Å². The van der Waals surface area contributed by atoms with E-state index < -0.39 is 5.91 Å². The van der Waals surface area contributed by atoms with Gasteiger partial charge in [0, 0.05) is 0 Å². The normalized spacial score (nSPS) is 10.2. The molecule has 2 aromatic rings. The molecule has 0 aliphatic carbocycles. The summed E-state index contributed by atoms with van der Waals surface area (Å²) in [4.78, 5) is 11.3. The van der Waals surface area contributed by atoms with E-state index in [4.69, 9.17) is 28.5 Å². The van der Waals surface area contributed by atoms with Crippen LogP contribution in [0.25, 0.3) is 11.0 Å². The Balaban J connectivity index is 2.50. The van der Waals surface area contributed by atoms with Crippen LogP contribution in [0, 0.1) is 11.3 Å². The van der Waals surface area contributed by atoms with Crippen molar-refractivity contribution in [2.24, 2.45) is 0 Å². The van der Waals surface area contributed by atoms with Gasteiger partial charge in [-0.05, 0) is 16.4 Å². The average Bonchev–Trinajstić information content (AvgIpc) is 2.73. The standard InChI is InChI=1S/C9H4Cl2N4O2/c10-4-3-5(11)8-9(15-17-14-8)7(4)13-6(16)1-2-12/h3H,1H2,(H,13,16). The van der Waals surface area contributed by atoms with Crippen LogP contribution in [0.4, 0.5) is 5.69 Å².